The van der Waals surface area contributed by atoms with Crippen LogP contribution in [0.15, 0.2) is 16.8 Å². The summed E-state index contributed by atoms with van der Waals surface area (Å²) in [5.41, 5.74) is 2.37. The maximum Gasteiger partial charge on any atom is 0.0446 e. The fourth-order valence-electron chi connectivity index (χ4n) is 1.39. The van der Waals surface area contributed by atoms with Gasteiger partial charge in [-0.05, 0) is 54.5 Å². The van der Waals surface area contributed by atoms with Crippen LogP contribution in [0.1, 0.15) is 48.5 Å². The Morgan fingerprint density at radius 2 is 1.71 bits per heavy atom. The third kappa shape index (κ3) is 7.84. The Bertz CT molecular complexity index is 229. The fourth-order valence-corrected chi connectivity index (χ4v) is 1.39. The molecule has 0 spiro atoms. The van der Waals surface area contributed by atoms with Gasteiger partial charge in [0, 0.05) is 23.0 Å². The van der Waals surface area contributed by atoms with Gasteiger partial charge in [0.1, 0.15) is 0 Å². The van der Waals surface area contributed by atoms with Gasteiger partial charge in [0.15, 0.2) is 0 Å². The predicted molar refractivity (Wildman–Crippen MR) is 64.9 cm³/mol. The van der Waals surface area contributed by atoms with Crippen LogP contribution in [0.5, 0.6) is 0 Å². The first-order valence-electron chi connectivity index (χ1n) is 5.21. The first kappa shape index (κ1) is 13.2. The van der Waals surface area contributed by atoms with Gasteiger partial charge < -0.3 is 5.32 Å². The molecule has 1 N–H and O–H groups in total. The van der Waals surface area contributed by atoms with Gasteiger partial charge >= 0.3 is 0 Å². The molecule has 0 amide bonds. The average molecular weight is 196 g/mol. The number of nitrogens with zero attached hydrogens (tertiary/aromatic N) is 1. The average Bonchev–Trinajstić information content (AvgIpc) is 1.77. The van der Waals surface area contributed by atoms with Gasteiger partial charge in [-0.15, -0.1) is 0 Å². The first-order chi connectivity index (χ1) is 6.20. The fraction of sp³-hybridized carbons (Fsp3) is 0.750. The Balaban J connectivity index is 4.38. The van der Waals surface area contributed by atoms with E-state index < -0.39 is 0 Å². The minimum absolute atomic E-state index is 0.124. The summed E-state index contributed by atoms with van der Waals surface area (Å²) in [5, 5.41) is 3.40. The van der Waals surface area contributed by atoms with E-state index in [9.17, 15) is 0 Å². The summed E-state index contributed by atoms with van der Waals surface area (Å²) in [6.45, 7) is 14.7. The van der Waals surface area contributed by atoms with Crippen molar-refractivity contribution in [3.8, 4) is 0 Å². The van der Waals surface area contributed by atoms with Gasteiger partial charge in [-0.3, -0.25) is 4.99 Å². The van der Waals surface area contributed by atoms with Crippen molar-refractivity contribution in [1.29, 1.82) is 0 Å². The molecule has 0 bridgehead atoms. The van der Waals surface area contributed by atoms with Crippen LogP contribution in [-0.4, -0.2) is 17.3 Å². The molecule has 2 nitrogen and oxygen atoms in total. The molecule has 82 valence electrons. The molecule has 0 atom stereocenters. The molecule has 0 saturated carbocycles. The highest BCUT2D eigenvalue weighted by Gasteiger charge is 2.08. The van der Waals surface area contributed by atoms with Crippen molar-refractivity contribution in [2.45, 2.75) is 60.0 Å². The lowest BCUT2D eigenvalue weighted by Gasteiger charge is -2.22. The molecule has 0 aliphatic heterocycles. The van der Waals surface area contributed by atoms with Gasteiger partial charge in [-0.2, -0.15) is 0 Å². The summed E-state index contributed by atoms with van der Waals surface area (Å²) in [5.74, 6) is 0. The summed E-state index contributed by atoms with van der Waals surface area (Å²) < 4.78 is 0. The molecule has 0 rings (SSSR count). The minimum Gasteiger partial charge on any atom is -0.384 e. The lowest BCUT2D eigenvalue weighted by molar-refractivity contribution is 0.474. The van der Waals surface area contributed by atoms with Crippen molar-refractivity contribution in [1.82, 2.24) is 5.32 Å². The van der Waals surface area contributed by atoms with E-state index in [1.165, 1.54) is 5.70 Å². The second-order valence-corrected chi connectivity index (χ2v) is 5.07. The molecule has 0 radical (unpaired) electrons. The molecule has 0 fully saturated rings. The summed E-state index contributed by atoms with van der Waals surface area (Å²) in [7, 11) is 0. The smallest absolute Gasteiger partial charge is 0.0446 e. The Labute approximate surface area is 88.5 Å². The number of rotatable bonds is 3. The van der Waals surface area contributed by atoms with Crippen molar-refractivity contribution in [2.75, 3.05) is 0 Å². The Morgan fingerprint density at radius 3 is 2.07 bits per heavy atom. The van der Waals surface area contributed by atoms with Crippen LogP contribution in [0, 0.1) is 0 Å². The lowest BCUT2D eigenvalue weighted by atomic mass is 10.1. The van der Waals surface area contributed by atoms with Crippen LogP contribution >= 0.6 is 0 Å². The van der Waals surface area contributed by atoms with Crippen molar-refractivity contribution in [3.05, 3.63) is 11.8 Å². The highest BCUT2D eigenvalue weighted by atomic mass is 15.0. The molecule has 0 saturated heterocycles. The molecule has 0 aromatic heterocycles. The third-order valence-corrected chi connectivity index (χ3v) is 1.46. The van der Waals surface area contributed by atoms with Crippen molar-refractivity contribution in [2.24, 2.45) is 4.99 Å². The lowest BCUT2D eigenvalue weighted by Crippen LogP contribution is -2.34. The first-order valence-corrected chi connectivity index (χ1v) is 5.21. The van der Waals surface area contributed by atoms with E-state index in [4.69, 9.17) is 0 Å². The van der Waals surface area contributed by atoms with Crippen molar-refractivity contribution < 1.29 is 0 Å². The number of allylic oxidation sites excluding steroid dienone is 2. The number of nitrogens with one attached hydrogen (secondary N) is 1. The molecule has 0 aliphatic rings. The second kappa shape index (κ2) is 5.18. The van der Waals surface area contributed by atoms with E-state index >= 15 is 0 Å². The van der Waals surface area contributed by atoms with Crippen LogP contribution in [0.3, 0.4) is 0 Å². The molecule has 0 heterocycles. The van der Waals surface area contributed by atoms with E-state index in [1.54, 1.807) is 0 Å². The van der Waals surface area contributed by atoms with Crippen LogP contribution < -0.4 is 5.32 Å². The van der Waals surface area contributed by atoms with E-state index in [2.05, 4.69) is 57.9 Å². The zero-order valence-corrected chi connectivity index (χ0v) is 10.6. The molecule has 0 aromatic carbocycles. The maximum atomic E-state index is 4.45. The zero-order chi connectivity index (χ0) is 11.4. The third-order valence-electron chi connectivity index (χ3n) is 1.46. The largest absolute Gasteiger partial charge is 0.384 e. The molecular weight excluding hydrogens is 172 g/mol. The van der Waals surface area contributed by atoms with Crippen LogP contribution in [0.2, 0.25) is 0 Å². The molecule has 2 heteroatoms. The maximum absolute atomic E-state index is 4.45. The molecule has 0 aromatic rings. The highest BCUT2D eigenvalue weighted by Crippen LogP contribution is 2.03. The highest BCUT2D eigenvalue weighted by molar-refractivity contribution is 5.93. The van der Waals surface area contributed by atoms with Gasteiger partial charge in [0.25, 0.3) is 0 Å². The van der Waals surface area contributed by atoms with Crippen LogP contribution in [-0.2, 0) is 0 Å². The van der Waals surface area contributed by atoms with Crippen molar-refractivity contribution in [3.63, 3.8) is 0 Å². The molecule has 0 unspecified atom stereocenters. The van der Waals surface area contributed by atoms with Gasteiger partial charge in [0.05, 0.1) is 0 Å². The van der Waals surface area contributed by atoms with Crippen molar-refractivity contribution >= 4 is 5.71 Å². The Kier molecular flexibility index (Phi) is 4.89. The van der Waals surface area contributed by atoms with Crippen LogP contribution in [0.4, 0.5) is 0 Å². The van der Waals surface area contributed by atoms with Crippen LogP contribution in [0.25, 0.3) is 0 Å². The standard InChI is InChI=1S/C12H24N2/c1-9(2)13-10(3)8-11(4)14-12(5,6)7/h8-9,14H,1-7H3/b11-8+,13-10?. The van der Waals surface area contributed by atoms with Gasteiger partial charge in [-0.1, -0.05) is 0 Å². The molecule has 0 aliphatic carbocycles. The quantitative estimate of drug-likeness (QED) is 0.689. The second-order valence-electron chi connectivity index (χ2n) is 5.07. The van der Waals surface area contributed by atoms with E-state index in [0.29, 0.717) is 6.04 Å². The summed E-state index contributed by atoms with van der Waals surface area (Å²) in [6, 6.07) is 0.369. The normalized spacial score (nSPS) is 14.9. The topological polar surface area (TPSA) is 24.4 Å². The predicted octanol–water partition coefficient (Wildman–Crippen LogP) is 3.15. The molecular formula is C12H24N2. The van der Waals surface area contributed by atoms with E-state index in [0.717, 1.165) is 5.71 Å². The van der Waals surface area contributed by atoms with Gasteiger partial charge in [0.2, 0.25) is 0 Å². The number of aliphatic imine (C=N–C) groups is 1. The minimum atomic E-state index is 0.124. The SMILES string of the molecule is CC(/C=C(\C)NC(C)(C)C)=NC(C)C. The summed E-state index contributed by atoms with van der Waals surface area (Å²) in [4.78, 5) is 4.45. The van der Waals surface area contributed by atoms with E-state index in [1.807, 2.05) is 6.92 Å². The Hall–Kier alpha value is -0.790. The molecule has 14 heavy (non-hydrogen) atoms. The number of hydrogen-bond acceptors (Lipinski definition) is 2. The summed E-state index contributed by atoms with van der Waals surface area (Å²) >= 11 is 0. The monoisotopic (exact) mass is 196 g/mol. The Morgan fingerprint density at radius 1 is 1.21 bits per heavy atom. The number of hydrogen-bond donors (Lipinski definition) is 1. The van der Waals surface area contributed by atoms with E-state index in [-0.39, 0.29) is 5.54 Å². The zero-order valence-electron chi connectivity index (χ0n) is 10.6. The van der Waals surface area contributed by atoms with Gasteiger partial charge in [-0.25, -0.2) is 0 Å². The summed E-state index contributed by atoms with van der Waals surface area (Å²) in [6.07, 6.45) is 2.09.